The van der Waals surface area contributed by atoms with Gasteiger partial charge in [0, 0.05) is 13.1 Å². The summed E-state index contributed by atoms with van der Waals surface area (Å²) in [6, 6.07) is 0. The van der Waals surface area contributed by atoms with Gasteiger partial charge in [-0.2, -0.15) is 0 Å². The van der Waals surface area contributed by atoms with E-state index in [0.717, 1.165) is 0 Å². The van der Waals surface area contributed by atoms with E-state index in [1.165, 1.54) is 12.5 Å². The van der Waals surface area contributed by atoms with E-state index in [1.54, 1.807) is 4.90 Å². The van der Waals surface area contributed by atoms with E-state index in [9.17, 15) is 0 Å². The van der Waals surface area contributed by atoms with Crippen molar-refractivity contribution in [2.45, 2.75) is 0 Å². The second-order valence-corrected chi connectivity index (χ2v) is 2.74. The molecule has 0 unspecified atom stereocenters. The largest absolute Gasteiger partial charge is 0.395 e. The maximum absolute atomic E-state index is 8.81. The minimum Gasteiger partial charge on any atom is -0.395 e. The number of hydrogen-bond donors (Lipinski definition) is 3. The number of nitrogens with two attached hydrogens (primary N) is 1. The number of aliphatic hydroxyl groups is 2. The van der Waals surface area contributed by atoms with Crippen LogP contribution in [-0.4, -0.2) is 46.5 Å². The van der Waals surface area contributed by atoms with Crippen LogP contribution in [-0.2, 0) is 0 Å². The van der Waals surface area contributed by atoms with Gasteiger partial charge >= 0.3 is 0 Å². The lowest BCUT2D eigenvalue weighted by Crippen LogP contribution is -2.31. The maximum atomic E-state index is 8.81. The summed E-state index contributed by atoms with van der Waals surface area (Å²) in [5.74, 6) is 0.545. The molecule has 6 heteroatoms. The molecule has 1 aromatic heterocycles. The molecule has 0 bridgehead atoms. The van der Waals surface area contributed by atoms with Gasteiger partial charge in [0.2, 0.25) is 0 Å². The van der Waals surface area contributed by atoms with Gasteiger partial charge in [0.15, 0.2) is 5.82 Å². The molecule has 0 aliphatic carbocycles. The molecule has 4 N–H and O–H groups in total. The minimum absolute atomic E-state index is 0.0105. The Morgan fingerprint density at radius 2 is 1.93 bits per heavy atom. The first-order chi connectivity index (χ1) is 6.79. The fourth-order valence-electron chi connectivity index (χ4n) is 1.16. The van der Waals surface area contributed by atoms with Gasteiger partial charge in [-0.25, -0.2) is 9.97 Å². The van der Waals surface area contributed by atoms with Crippen molar-refractivity contribution in [2.24, 2.45) is 0 Å². The fourth-order valence-corrected chi connectivity index (χ4v) is 1.16. The van der Waals surface area contributed by atoms with Crippen LogP contribution in [0.15, 0.2) is 12.5 Å². The van der Waals surface area contributed by atoms with Gasteiger partial charge in [-0.15, -0.1) is 0 Å². The number of rotatable bonds is 5. The van der Waals surface area contributed by atoms with Gasteiger partial charge in [-0.05, 0) is 0 Å². The Bertz CT molecular complexity index is 276. The summed E-state index contributed by atoms with van der Waals surface area (Å²) in [5.41, 5.74) is 6.09. The molecule has 0 saturated heterocycles. The fraction of sp³-hybridized carbons (Fsp3) is 0.500. The zero-order valence-corrected chi connectivity index (χ0v) is 7.80. The van der Waals surface area contributed by atoms with E-state index in [2.05, 4.69) is 9.97 Å². The maximum Gasteiger partial charge on any atom is 0.155 e. The predicted octanol–water partition coefficient (Wildman–Crippen LogP) is -1.15. The molecule has 1 heterocycles. The molecule has 14 heavy (non-hydrogen) atoms. The zero-order valence-electron chi connectivity index (χ0n) is 7.80. The monoisotopic (exact) mass is 198 g/mol. The van der Waals surface area contributed by atoms with Crippen LogP contribution in [0, 0.1) is 0 Å². The van der Waals surface area contributed by atoms with E-state index in [4.69, 9.17) is 15.9 Å². The van der Waals surface area contributed by atoms with Gasteiger partial charge in [-0.3, -0.25) is 0 Å². The highest BCUT2D eigenvalue weighted by Crippen LogP contribution is 2.16. The lowest BCUT2D eigenvalue weighted by molar-refractivity contribution is 0.280. The third-order valence-electron chi connectivity index (χ3n) is 1.76. The molecule has 0 spiro atoms. The van der Waals surface area contributed by atoms with Crippen molar-refractivity contribution in [3.05, 3.63) is 12.5 Å². The first kappa shape index (κ1) is 10.7. The lowest BCUT2D eigenvalue weighted by Gasteiger charge is -2.22. The van der Waals surface area contributed by atoms with Crippen molar-refractivity contribution < 1.29 is 10.2 Å². The smallest absolute Gasteiger partial charge is 0.155 e. The summed E-state index contributed by atoms with van der Waals surface area (Å²) in [6.45, 7) is 0.760. The van der Waals surface area contributed by atoms with E-state index in [1.807, 2.05) is 0 Å². The van der Waals surface area contributed by atoms with Crippen LogP contribution in [0.1, 0.15) is 0 Å². The second kappa shape index (κ2) is 5.36. The molecule has 0 amide bonds. The Kier molecular flexibility index (Phi) is 4.09. The molecule has 0 fully saturated rings. The van der Waals surface area contributed by atoms with E-state index >= 15 is 0 Å². The van der Waals surface area contributed by atoms with Crippen molar-refractivity contribution >= 4 is 11.5 Å². The highest BCUT2D eigenvalue weighted by molar-refractivity contribution is 5.60. The van der Waals surface area contributed by atoms with E-state index < -0.39 is 0 Å². The first-order valence-electron chi connectivity index (χ1n) is 4.31. The van der Waals surface area contributed by atoms with Crippen molar-refractivity contribution in [1.82, 2.24) is 9.97 Å². The highest BCUT2D eigenvalue weighted by Gasteiger charge is 2.09. The predicted molar refractivity (Wildman–Crippen MR) is 52.8 cm³/mol. The van der Waals surface area contributed by atoms with E-state index in [0.29, 0.717) is 24.6 Å². The molecule has 0 aromatic carbocycles. The van der Waals surface area contributed by atoms with Crippen molar-refractivity contribution in [3.8, 4) is 0 Å². The number of hydrogen-bond acceptors (Lipinski definition) is 6. The van der Waals surface area contributed by atoms with Crippen LogP contribution in [0.3, 0.4) is 0 Å². The first-order valence-corrected chi connectivity index (χ1v) is 4.31. The van der Waals surface area contributed by atoms with Gasteiger partial charge in [0.1, 0.15) is 6.33 Å². The van der Waals surface area contributed by atoms with Gasteiger partial charge < -0.3 is 20.8 Å². The van der Waals surface area contributed by atoms with Crippen molar-refractivity contribution in [2.75, 3.05) is 36.9 Å². The number of nitrogen functional groups attached to an aromatic ring is 1. The summed E-state index contributed by atoms with van der Waals surface area (Å²) in [7, 11) is 0. The molecule has 1 aromatic rings. The molecule has 0 radical (unpaired) electrons. The van der Waals surface area contributed by atoms with Gasteiger partial charge in [-0.1, -0.05) is 0 Å². The molecular weight excluding hydrogens is 184 g/mol. The quantitative estimate of drug-likeness (QED) is 0.553. The summed E-state index contributed by atoms with van der Waals surface area (Å²) >= 11 is 0. The molecule has 0 aliphatic heterocycles. The Balaban J connectivity index is 2.81. The summed E-state index contributed by atoms with van der Waals surface area (Å²) in [4.78, 5) is 9.45. The van der Waals surface area contributed by atoms with Crippen molar-refractivity contribution in [3.63, 3.8) is 0 Å². The van der Waals surface area contributed by atoms with E-state index in [-0.39, 0.29) is 13.2 Å². The Hall–Kier alpha value is -1.40. The zero-order chi connectivity index (χ0) is 10.4. The summed E-state index contributed by atoms with van der Waals surface area (Å²) in [5, 5.41) is 17.6. The third-order valence-corrected chi connectivity index (χ3v) is 1.76. The Morgan fingerprint density at radius 1 is 1.29 bits per heavy atom. The van der Waals surface area contributed by atoms with Crippen LogP contribution in [0.5, 0.6) is 0 Å². The normalized spacial score (nSPS) is 10.1. The molecule has 78 valence electrons. The average molecular weight is 198 g/mol. The number of nitrogens with zero attached hydrogens (tertiary/aromatic N) is 3. The van der Waals surface area contributed by atoms with Crippen LogP contribution >= 0.6 is 0 Å². The average Bonchev–Trinajstić information content (AvgIpc) is 2.18. The SMILES string of the molecule is Nc1cncnc1N(CCO)CCO. The second-order valence-electron chi connectivity index (χ2n) is 2.74. The van der Waals surface area contributed by atoms with Crippen molar-refractivity contribution in [1.29, 1.82) is 0 Å². The van der Waals surface area contributed by atoms with Crippen LogP contribution in [0.4, 0.5) is 11.5 Å². The molecule has 0 atom stereocenters. The molecule has 1 rings (SSSR count). The topological polar surface area (TPSA) is 95.5 Å². The number of aliphatic hydroxyl groups excluding tert-OH is 2. The van der Waals surface area contributed by atoms with Crippen LogP contribution in [0.25, 0.3) is 0 Å². The summed E-state index contributed by atoms with van der Waals surface area (Å²) in [6.07, 6.45) is 2.87. The van der Waals surface area contributed by atoms with Crippen LogP contribution in [0.2, 0.25) is 0 Å². The number of anilines is 2. The molecule has 0 aliphatic rings. The highest BCUT2D eigenvalue weighted by atomic mass is 16.3. The standard InChI is InChI=1S/C8H14N4O2/c9-7-5-10-6-11-8(7)12(1-3-13)2-4-14/h5-6,13-14H,1-4,9H2. The Morgan fingerprint density at radius 3 is 2.43 bits per heavy atom. The van der Waals surface area contributed by atoms with Crippen LogP contribution < -0.4 is 10.6 Å². The lowest BCUT2D eigenvalue weighted by atomic mass is 10.4. The van der Waals surface area contributed by atoms with Gasteiger partial charge in [0.05, 0.1) is 25.1 Å². The molecule has 6 nitrogen and oxygen atoms in total. The molecule has 0 saturated carbocycles. The minimum atomic E-state index is -0.0105. The number of aromatic nitrogens is 2. The third kappa shape index (κ3) is 2.54. The molecular formula is C8H14N4O2. The summed E-state index contributed by atoms with van der Waals surface area (Å²) < 4.78 is 0. The Labute approximate surface area is 82.0 Å². The van der Waals surface area contributed by atoms with Gasteiger partial charge in [0.25, 0.3) is 0 Å².